The average Bonchev–Trinajstić information content (AvgIpc) is 2.99. The van der Waals surface area contributed by atoms with E-state index in [1.165, 1.54) is 19.6 Å². The quantitative estimate of drug-likeness (QED) is 0.786. The maximum Gasteiger partial charge on any atom is 0.328 e. The van der Waals surface area contributed by atoms with E-state index in [1.807, 2.05) is 6.92 Å². The zero-order valence-electron chi connectivity index (χ0n) is 11.8. The van der Waals surface area contributed by atoms with Gasteiger partial charge in [-0.3, -0.25) is 9.78 Å². The molecule has 0 aliphatic rings. The number of hydrogen-bond donors (Lipinski definition) is 2. The van der Waals surface area contributed by atoms with E-state index in [1.54, 1.807) is 18.3 Å². The third-order valence-electron chi connectivity index (χ3n) is 2.94. The Bertz CT molecular complexity index is 608. The first-order valence-corrected chi connectivity index (χ1v) is 6.38. The molecule has 0 aliphatic heterocycles. The third-order valence-corrected chi connectivity index (χ3v) is 2.94. The number of nitrogens with zero attached hydrogens (tertiary/aromatic N) is 2. The molecule has 0 spiro atoms. The van der Waals surface area contributed by atoms with Crippen LogP contribution in [0.25, 0.3) is 0 Å². The second-order valence-electron chi connectivity index (χ2n) is 4.52. The largest absolute Gasteiger partial charge is 0.467 e. The highest BCUT2D eigenvalue weighted by Gasteiger charge is 2.23. The van der Waals surface area contributed by atoms with Crippen molar-refractivity contribution in [1.82, 2.24) is 20.3 Å². The Labute approximate surface area is 121 Å². The molecule has 0 saturated heterocycles. The number of pyridine rings is 1. The summed E-state index contributed by atoms with van der Waals surface area (Å²) in [7, 11) is 1.28. The molecule has 0 aliphatic carbocycles. The Kier molecular flexibility index (Phi) is 4.65. The van der Waals surface area contributed by atoms with Crippen molar-refractivity contribution in [2.75, 3.05) is 7.11 Å². The molecule has 0 fully saturated rings. The van der Waals surface area contributed by atoms with Gasteiger partial charge in [-0.25, -0.2) is 9.78 Å². The van der Waals surface area contributed by atoms with Gasteiger partial charge in [0.1, 0.15) is 6.04 Å². The Hall–Kier alpha value is -2.70. The van der Waals surface area contributed by atoms with Crippen LogP contribution >= 0.6 is 0 Å². The number of methoxy groups -OCH3 is 1. The number of carbonyl (C=O) groups is 2. The molecule has 1 amide bonds. The number of aromatic amines is 1. The van der Waals surface area contributed by atoms with E-state index in [0.29, 0.717) is 5.56 Å². The van der Waals surface area contributed by atoms with Gasteiger partial charge in [0.15, 0.2) is 0 Å². The van der Waals surface area contributed by atoms with Crippen LogP contribution in [-0.4, -0.2) is 40.0 Å². The molecule has 0 saturated carbocycles. The molecule has 0 radical (unpaired) electrons. The minimum atomic E-state index is -0.788. The third kappa shape index (κ3) is 3.88. The first-order valence-electron chi connectivity index (χ1n) is 6.38. The number of amides is 1. The van der Waals surface area contributed by atoms with Crippen molar-refractivity contribution in [2.24, 2.45) is 0 Å². The molecule has 1 atom stereocenters. The summed E-state index contributed by atoms with van der Waals surface area (Å²) in [5.74, 6) is -0.893. The van der Waals surface area contributed by atoms with Gasteiger partial charge in [0.05, 0.1) is 19.0 Å². The summed E-state index contributed by atoms with van der Waals surface area (Å²) in [5.41, 5.74) is 1.93. The number of hydrogen-bond acceptors (Lipinski definition) is 5. The summed E-state index contributed by atoms with van der Waals surface area (Å²) in [6.07, 6.45) is 4.85. The molecule has 110 valence electrons. The number of ether oxygens (including phenoxy) is 1. The predicted molar refractivity (Wildman–Crippen MR) is 74.5 cm³/mol. The molecule has 0 aromatic carbocycles. The summed E-state index contributed by atoms with van der Waals surface area (Å²) < 4.78 is 4.71. The van der Waals surface area contributed by atoms with E-state index in [9.17, 15) is 9.59 Å². The van der Waals surface area contributed by atoms with E-state index in [-0.39, 0.29) is 12.3 Å². The standard InChI is InChI=1S/C14H16N4O3/c1-9-3-4-10(6-16-9)13(19)18-12(14(20)21-2)5-11-7-15-8-17-11/h3-4,6-8,12H,5H2,1-2H3,(H,15,17)(H,18,19)/t12-/m0/s1. The molecule has 2 N–H and O–H groups in total. The van der Waals surface area contributed by atoms with E-state index < -0.39 is 12.0 Å². The minimum absolute atomic E-state index is 0.275. The minimum Gasteiger partial charge on any atom is -0.467 e. The first-order chi connectivity index (χ1) is 10.1. The zero-order chi connectivity index (χ0) is 15.2. The highest BCUT2D eigenvalue weighted by molar-refractivity contribution is 5.96. The Morgan fingerprint density at radius 3 is 2.76 bits per heavy atom. The van der Waals surface area contributed by atoms with Crippen molar-refractivity contribution < 1.29 is 14.3 Å². The van der Waals surface area contributed by atoms with E-state index in [2.05, 4.69) is 20.3 Å². The number of esters is 1. The SMILES string of the molecule is COC(=O)[C@H](Cc1cnc[nH]1)NC(=O)c1ccc(C)nc1. The summed E-state index contributed by atoms with van der Waals surface area (Å²) in [6.45, 7) is 1.83. The number of aromatic nitrogens is 3. The summed E-state index contributed by atoms with van der Waals surface area (Å²) >= 11 is 0. The summed E-state index contributed by atoms with van der Waals surface area (Å²) in [6, 6.07) is 2.60. The number of carbonyl (C=O) groups excluding carboxylic acids is 2. The second kappa shape index (κ2) is 6.65. The van der Waals surface area contributed by atoms with Gasteiger partial charge in [0.25, 0.3) is 5.91 Å². The molecule has 21 heavy (non-hydrogen) atoms. The van der Waals surface area contributed by atoms with Crippen LogP contribution in [0.5, 0.6) is 0 Å². The molecule has 0 bridgehead atoms. The van der Waals surface area contributed by atoms with Crippen LogP contribution in [0.2, 0.25) is 0 Å². The lowest BCUT2D eigenvalue weighted by molar-refractivity contribution is -0.142. The van der Waals surface area contributed by atoms with Crippen molar-refractivity contribution in [2.45, 2.75) is 19.4 Å². The lowest BCUT2D eigenvalue weighted by Gasteiger charge is -2.15. The van der Waals surface area contributed by atoms with Crippen molar-refractivity contribution in [3.63, 3.8) is 0 Å². The van der Waals surface area contributed by atoms with Crippen LogP contribution in [0.15, 0.2) is 30.9 Å². The topological polar surface area (TPSA) is 97.0 Å². The maximum absolute atomic E-state index is 12.1. The smallest absolute Gasteiger partial charge is 0.328 e. The molecule has 2 aromatic heterocycles. The summed E-state index contributed by atoms with van der Waals surface area (Å²) in [4.78, 5) is 34.7. The fourth-order valence-corrected chi connectivity index (χ4v) is 1.80. The van der Waals surface area contributed by atoms with Gasteiger partial charge >= 0.3 is 5.97 Å². The van der Waals surface area contributed by atoms with Crippen molar-refractivity contribution in [1.29, 1.82) is 0 Å². The van der Waals surface area contributed by atoms with Crippen LogP contribution in [0.4, 0.5) is 0 Å². The molecule has 0 unspecified atom stereocenters. The molecule has 7 nitrogen and oxygen atoms in total. The fourth-order valence-electron chi connectivity index (χ4n) is 1.80. The highest BCUT2D eigenvalue weighted by Crippen LogP contribution is 2.04. The fraction of sp³-hybridized carbons (Fsp3) is 0.286. The second-order valence-corrected chi connectivity index (χ2v) is 4.52. The number of imidazole rings is 1. The van der Waals surface area contributed by atoms with Crippen molar-refractivity contribution >= 4 is 11.9 Å². The Morgan fingerprint density at radius 2 is 2.19 bits per heavy atom. The number of rotatable bonds is 5. The predicted octanol–water partition coefficient (Wildman–Crippen LogP) is 0.627. The Morgan fingerprint density at radius 1 is 1.38 bits per heavy atom. The lowest BCUT2D eigenvalue weighted by atomic mass is 10.1. The molecule has 2 aromatic rings. The van der Waals surface area contributed by atoms with Crippen molar-refractivity contribution in [3.05, 3.63) is 47.8 Å². The molecular formula is C14H16N4O3. The lowest BCUT2D eigenvalue weighted by Crippen LogP contribution is -2.43. The van der Waals surface area contributed by atoms with E-state index >= 15 is 0 Å². The molecule has 2 rings (SSSR count). The molecule has 2 heterocycles. The van der Waals surface area contributed by atoms with Gasteiger partial charge in [0, 0.05) is 30.2 Å². The van der Waals surface area contributed by atoms with Crippen LogP contribution < -0.4 is 5.32 Å². The highest BCUT2D eigenvalue weighted by atomic mass is 16.5. The van der Waals surface area contributed by atoms with E-state index in [4.69, 9.17) is 4.74 Å². The Balaban J connectivity index is 2.09. The van der Waals surface area contributed by atoms with Gasteiger partial charge in [-0.05, 0) is 19.1 Å². The van der Waals surface area contributed by atoms with Crippen LogP contribution in [0.3, 0.4) is 0 Å². The number of nitrogens with one attached hydrogen (secondary N) is 2. The zero-order valence-corrected chi connectivity index (χ0v) is 11.8. The van der Waals surface area contributed by atoms with E-state index in [0.717, 1.165) is 11.4 Å². The normalized spacial score (nSPS) is 11.7. The maximum atomic E-state index is 12.1. The molecule has 7 heteroatoms. The number of aryl methyl sites for hydroxylation is 1. The van der Waals surface area contributed by atoms with Crippen LogP contribution in [0.1, 0.15) is 21.7 Å². The van der Waals surface area contributed by atoms with Gasteiger partial charge in [0.2, 0.25) is 0 Å². The molecular weight excluding hydrogens is 272 g/mol. The van der Waals surface area contributed by atoms with Crippen LogP contribution in [-0.2, 0) is 16.0 Å². The average molecular weight is 288 g/mol. The van der Waals surface area contributed by atoms with Gasteiger partial charge in [-0.15, -0.1) is 0 Å². The number of H-pyrrole nitrogens is 1. The van der Waals surface area contributed by atoms with Crippen molar-refractivity contribution in [3.8, 4) is 0 Å². The van der Waals surface area contributed by atoms with Gasteiger partial charge in [-0.2, -0.15) is 0 Å². The summed E-state index contributed by atoms with van der Waals surface area (Å²) in [5, 5.41) is 2.64. The van der Waals surface area contributed by atoms with Crippen LogP contribution in [0, 0.1) is 6.92 Å². The van der Waals surface area contributed by atoms with Gasteiger partial charge < -0.3 is 15.0 Å². The first kappa shape index (κ1) is 14.7. The van der Waals surface area contributed by atoms with Gasteiger partial charge in [-0.1, -0.05) is 0 Å². The monoisotopic (exact) mass is 288 g/mol.